The highest BCUT2D eigenvalue weighted by Crippen LogP contribution is 2.28. The van der Waals surface area contributed by atoms with E-state index in [4.69, 9.17) is 9.84 Å². The highest BCUT2D eigenvalue weighted by molar-refractivity contribution is 9.10. The molecule has 0 aliphatic rings. The van der Waals surface area contributed by atoms with Crippen LogP contribution in [-0.4, -0.2) is 29.5 Å². The van der Waals surface area contributed by atoms with Crippen LogP contribution in [0.5, 0.6) is 5.75 Å². The number of benzene rings is 1. The van der Waals surface area contributed by atoms with Gasteiger partial charge in [-0.2, -0.15) is 0 Å². The number of rotatable bonds is 7. The number of carbonyl (C=O) groups is 3. The minimum Gasteiger partial charge on any atom is -0.483 e. The Hall–Kier alpha value is -2.09. The van der Waals surface area contributed by atoms with Crippen molar-refractivity contribution >= 4 is 33.7 Å². The van der Waals surface area contributed by atoms with Gasteiger partial charge in [0.25, 0.3) is 5.91 Å². The number of halogens is 1. The first kappa shape index (κ1) is 19.0. The number of amides is 2. The third kappa shape index (κ3) is 7.14. The van der Waals surface area contributed by atoms with Crippen LogP contribution in [0.1, 0.15) is 38.2 Å². The number of nitrogens with one attached hydrogen (secondary N) is 2. The van der Waals surface area contributed by atoms with E-state index >= 15 is 0 Å². The Bertz CT molecular complexity index is 589. The molecule has 0 aromatic heterocycles. The van der Waals surface area contributed by atoms with Gasteiger partial charge in [0.05, 0.1) is 10.9 Å². The summed E-state index contributed by atoms with van der Waals surface area (Å²) in [5, 5.41) is 8.44. The van der Waals surface area contributed by atoms with E-state index in [0.717, 1.165) is 10.0 Å². The Morgan fingerprint density at radius 2 is 1.83 bits per heavy atom. The molecule has 0 radical (unpaired) electrons. The summed E-state index contributed by atoms with van der Waals surface area (Å²) in [5.74, 6) is -1.31. The fourth-order valence-electron chi connectivity index (χ4n) is 1.60. The predicted molar refractivity (Wildman–Crippen MR) is 86.9 cm³/mol. The molecule has 23 heavy (non-hydrogen) atoms. The molecule has 3 N–H and O–H groups in total. The molecular weight excluding hydrogens is 368 g/mol. The van der Waals surface area contributed by atoms with Crippen LogP contribution in [0.4, 0.5) is 0 Å². The lowest BCUT2D eigenvalue weighted by atomic mass is 10.0. The largest absolute Gasteiger partial charge is 0.483 e. The van der Waals surface area contributed by atoms with E-state index in [0.29, 0.717) is 11.7 Å². The molecule has 0 saturated carbocycles. The molecule has 0 heterocycles. The van der Waals surface area contributed by atoms with Crippen molar-refractivity contribution in [2.75, 3.05) is 6.61 Å². The topological polar surface area (TPSA) is 105 Å². The second kappa shape index (κ2) is 9.14. The molecule has 1 rings (SSSR count). The summed E-state index contributed by atoms with van der Waals surface area (Å²) < 4.78 is 6.10. The van der Waals surface area contributed by atoms with E-state index in [2.05, 4.69) is 40.6 Å². The van der Waals surface area contributed by atoms with E-state index in [1.54, 1.807) is 6.07 Å². The molecule has 8 heteroatoms. The van der Waals surface area contributed by atoms with Crippen molar-refractivity contribution in [3.63, 3.8) is 0 Å². The Balaban J connectivity index is 2.39. The van der Waals surface area contributed by atoms with Crippen LogP contribution in [-0.2, 0) is 14.4 Å². The lowest BCUT2D eigenvalue weighted by molar-refractivity contribution is -0.139. The number of hydrogen-bond acceptors (Lipinski definition) is 4. The Labute approximate surface area is 142 Å². The number of carboxylic acid groups (broad SMARTS) is 1. The van der Waals surface area contributed by atoms with Crippen molar-refractivity contribution in [1.82, 2.24) is 10.9 Å². The molecule has 2 amide bonds. The molecule has 126 valence electrons. The normalized spacial score (nSPS) is 10.3. The summed E-state index contributed by atoms with van der Waals surface area (Å²) in [4.78, 5) is 33.1. The van der Waals surface area contributed by atoms with Gasteiger partial charge in [0.2, 0.25) is 5.91 Å². The molecule has 0 aliphatic heterocycles. The van der Waals surface area contributed by atoms with Gasteiger partial charge in [-0.1, -0.05) is 19.9 Å². The summed E-state index contributed by atoms with van der Waals surface area (Å²) in [6.07, 6.45) is -0.508. The number of carbonyl (C=O) groups excluding carboxylic acids is 2. The van der Waals surface area contributed by atoms with E-state index in [-0.39, 0.29) is 19.4 Å². The van der Waals surface area contributed by atoms with Gasteiger partial charge in [-0.05, 0) is 39.5 Å². The van der Waals surface area contributed by atoms with Crippen LogP contribution < -0.4 is 15.6 Å². The molecule has 7 nitrogen and oxygen atoms in total. The zero-order valence-electron chi connectivity index (χ0n) is 12.9. The van der Waals surface area contributed by atoms with Crippen molar-refractivity contribution in [1.29, 1.82) is 0 Å². The zero-order valence-corrected chi connectivity index (χ0v) is 14.5. The molecule has 1 aromatic rings. The summed E-state index contributed by atoms with van der Waals surface area (Å²) in [6, 6.07) is 5.60. The molecule has 0 atom stereocenters. The van der Waals surface area contributed by atoms with Gasteiger partial charge in [-0.25, -0.2) is 0 Å². The zero-order chi connectivity index (χ0) is 17.4. The van der Waals surface area contributed by atoms with Gasteiger partial charge in [0.1, 0.15) is 5.75 Å². The van der Waals surface area contributed by atoms with Crippen molar-refractivity contribution in [2.24, 2.45) is 0 Å². The fraction of sp³-hybridized carbons (Fsp3) is 0.400. The van der Waals surface area contributed by atoms with Crippen LogP contribution in [0.25, 0.3) is 0 Å². The average molecular weight is 387 g/mol. The molecule has 0 aliphatic carbocycles. The lowest BCUT2D eigenvalue weighted by Crippen LogP contribution is -2.43. The fourth-order valence-corrected chi connectivity index (χ4v) is 2.11. The third-order valence-corrected chi connectivity index (χ3v) is 3.51. The van der Waals surface area contributed by atoms with Crippen molar-refractivity contribution in [2.45, 2.75) is 32.6 Å². The average Bonchev–Trinajstić information content (AvgIpc) is 2.49. The molecule has 0 spiro atoms. The first-order chi connectivity index (χ1) is 10.8. The predicted octanol–water partition coefficient (Wildman–Crippen LogP) is 1.96. The van der Waals surface area contributed by atoms with Gasteiger partial charge in [-0.15, -0.1) is 0 Å². The number of hydrazine groups is 1. The molecule has 0 fully saturated rings. The van der Waals surface area contributed by atoms with E-state index in [1.807, 2.05) is 12.1 Å². The van der Waals surface area contributed by atoms with Crippen LogP contribution in [0.15, 0.2) is 22.7 Å². The molecule has 0 saturated heterocycles. The number of aliphatic carboxylic acids is 1. The highest BCUT2D eigenvalue weighted by Gasteiger charge is 2.10. The second-order valence-electron chi connectivity index (χ2n) is 5.12. The van der Waals surface area contributed by atoms with Crippen molar-refractivity contribution in [3.05, 3.63) is 28.2 Å². The summed E-state index contributed by atoms with van der Waals surface area (Å²) in [6.45, 7) is 3.87. The van der Waals surface area contributed by atoms with Gasteiger partial charge in [0, 0.05) is 6.42 Å². The maximum Gasteiger partial charge on any atom is 0.303 e. The van der Waals surface area contributed by atoms with Crippen LogP contribution in [0.2, 0.25) is 0 Å². The van der Waals surface area contributed by atoms with Crippen LogP contribution in [0.3, 0.4) is 0 Å². The Morgan fingerprint density at radius 1 is 1.17 bits per heavy atom. The quantitative estimate of drug-likeness (QED) is 0.621. The summed E-state index contributed by atoms with van der Waals surface area (Å²) in [5.41, 5.74) is 5.41. The second-order valence-corrected chi connectivity index (χ2v) is 5.98. The SMILES string of the molecule is CC(C)c1ccc(OCC(=O)NNC(=O)CCC(=O)O)c(Br)c1. The molecule has 0 unspecified atom stereocenters. The minimum absolute atomic E-state index is 0.210. The van der Waals surface area contributed by atoms with E-state index < -0.39 is 17.8 Å². The van der Waals surface area contributed by atoms with Gasteiger partial charge in [0.15, 0.2) is 6.61 Å². The van der Waals surface area contributed by atoms with E-state index in [9.17, 15) is 14.4 Å². The molecular formula is C15H19BrN2O5. The number of ether oxygens (including phenoxy) is 1. The molecule has 0 bridgehead atoms. The van der Waals surface area contributed by atoms with Crippen LogP contribution in [0, 0.1) is 0 Å². The lowest BCUT2D eigenvalue weighted by Gasteiger charge is -2.12. The number of carboxylic acids is 1. The molecule has 1 aromatic carbocycles. The smallest absolute Gasteiger partial charge is 0.303 e. The first-order valence-corrected chi connectivity index (χ1v) is 7.80. The summed E-state index contributed by atoms with van der Waals surface area (Å²) >= 11 is 3.38. The summed E-state index contributed by atoms with van der Waals surface area (Å²) in [7, 11) is 0. The van der Waals surface area contributed by atoms with Gasteiger partial charge >= 0.3 is 5.97 Å². The van der Waals surface area contributed by atoms with Crippen molar-refractivity contribution < 1.29 is 24.2 Å². The third-order valence-electron chi connectivity index (χ3n) is 2.89. The highest BCUT2D eigenvalue weighted by atomic mass is 79.9. The Morgan fingerprint density at radius 3 is 2.39 bits per heavy atom. The van der Waals surface area contributed by atoms with Crippen LogP contribution >= 0.6 is 15.9 Å². The Kier molecular flexibility index (Phi) is 7.53. The first-order valence-electron chi connectivity index (χ1n) is 7.01. The van der Waals surface area contributed by atoms with E-state index in [1.165, 1.54) is 0 Å². The minimum atomic E-state index is -1.08. The van der Waals surface area contributed by atoms with Gasteiger partial charge < -0.3 is 9.84 Å². The monoisotopic (exact) mass is 386 g/mol. The number of hydrogen-bond donors (Lipinski definition) is 3. The maximum atomic E-state index is 11.6. The van der Waals surface area contributed by atoms with Gasteiger partial charge in [-0.3, -0.25) is 25.2 Å². The standard InChI is InChI=1S/C15H19BrN2O5/c1-9(2)10-3-4-12(11(16)7-10)23-8-14(20)18-17-13(19)5-6-15(21)22/h3-4,7,9H,5-6,8H2,1-2H3,(H,17,19)(H,18,20)(H,21,22). The maximum absolute atomic E-state index is 11.6. The van der Waals surface area contributed by atoms with Crippen molar-refractivity contribution in [3.8, 4) is 5.75 Å².